The largest absolute Gasteiger partial charge is 0.103 e. The van der Waals surface area contributed by atoms with E-state index in [1.807, 2.05) is 6.08 Å². The van der Waals surface area contributed by atoms with E-state index in [9.17, 15) is 0 Å². The fourth-order valence-corrected chi connectivity index (χ4v) is 1.84. The van der Waals surface area contributed by atoms with E-state index < -0.39 is 8.80 Å². The van der Waals surface area contributed by atoms with Crippen molar-refractivity contribution in [3.63, 3.8) is 0 Å². The number of hydrogen-bond donors (Lipinski definition) is 0. The van der Waals surface area contributed by atoms with Crippen LogP contribution in [0.2, 0.25) is 13.1 Å². The summed E-state index contributed by atoms with van der Waals surface area (Å²) in [7, 11) is -0.563. The summed E-state index contributed by atoms with van der Waals surface area (Å²) < 4.78 is 0. The highest BCUT2D eigenvalue weighted by Crippen LogP contribution is 2.07. The number of allylic oxidation sites excluding steroid dienone is 1. The van der Waals surface area contributed by atoms with Crippen molar-refractivity contribution >= 4 is 14.9 Å². The standard InChI is InChI=1S/C13H18Si/c1-4-5-12-6-8-13(9-7-12)10-11-14(2)3/h4,6-11,14H,1,5H2,2-3H3. The second kappa shape index (κ2) is 5.61. The zero-order chi connectivity index (χ0) is 10.4. The SMILES string of the molecule is C=CCc1ccc(C=C[SiH](C)C)cc1. The van der Waals surface area contributed by atoms with Gasteiger partial charge in [0.05, 0.1) is 8.80 Å². The van der Waals surface area contributed by atoms with E-state index in [-0.39, 0.29) is 0 Å². The molecule has 0 atom stereocenters. The molecule has 0 heterocycles. The molecule has 1 aromatic carbocycles. The molecule has 0 saturated heterocycles. The maximum absolute atomic E-state index is 3.73. The van der Waals surface area contributed by atoms with E-state index in [0.717, 1.165) is 6.42 Å². The molecule has 0 fully saturated rings. The van der Waals surface area contributed by atoms with Crippen LogP contribution in [0.4, 0.5) is 0 Å². The lowest BCUT2D eigenvalue weighted by molar-refractivity contribution is 1.28. The Balaban J connectivity index is 2.68. The molecule has 0 bridgehead atoms. The van der Waals surface area contributed by atoms with Gasteiger partial charge in [-0.15, -0.1) is 6.58 Å². The molecule has 14 heavy (non-hydrogen) atoms. The van der Waals surface area contributed by atoms with Crippen LogP contribution in [0.5, 0.6) is 0 Å². The van der Waals surface area contributed by atoms with Gasteiger partial charge in [-0.3, -0.25) is 0 Å². The highest BCUT2D eigenvalue weighted by atomic mass is 28.3. The average Bonchev–Trinajstić information content (AvgIpc) is 2.17. The molecule has 0 N–H and O–H groups in total. The third-order valence-electron chi connectivity index (χ3n) is 2.03. The first-order valence-corrected chi connectivity index (χ1v) is 8.08. The first kappa shape index (κ1) is 11.0. The second-order valence-corrected chi connectivity index (χ2v) is 6.71. The summed E-state index contributed by atoms with van der Waals surface area (Å²) in [4.78, 5) is 0. The summed E-state index contributed by atoms with van der Waals surface area (Å²) in [6.07, 6.45) is 5.13. The van der Waals surface area contributed by atoms with E-state index in [4.69, 9.17) is 0 Å². The number of rotatable bonds is 4. The minimum Gasteiger partial charge on any atom is -0.103 e. The molecular weight excluding hydrogens is 184 g/mol. The van der Waals surface area contributed by atoms with Crippen molar-refractivity contribution in [3.8, 4) is 0 Å². The van der Waals surface area contributed by atoms with Crippen LogP contribution in [0.15, 0.2) is 42.6 Å². The summed E-state index contributed by atoms with van der Waals surface area (Å²) in [5, 5.41) is 0. The molecule has 1 heteroatoms. The Morgan fingerprint density at radius 1 is 1.21 bits per heavy atom. The van der Waals surface area contributed by atoms with E-state index in [1.165, 1.54) is 11.1 Å². The van der Waals surface area contributed by atoms with E-state index in [2.05, 4.69) is 55.7 Å². The van der Waals surface area contributed by atoms with Gasteiger partial charge in [-0.25, -0.2) is 0 Å². The Morgan fingerprint density at radius 3 is 2.36 bits per heavy atom. The second-order valence-electron chi connectivity index (χ2n) is 3.84. The van der Waals surface area contributed by atoms with Crippen molar-refractivity contribution in [2.45, 2.75) is 19.5 Å². The molecule has 0 radical (unpaired) electrons. The van der Waals surface area contributed by atoms with Crippen molar-refractivity contribution in [2.24, 2.45) is 0 Å². The first-order chi connectivity index (χ1) is 6.72. The third kappa shape index (κ3) is 3.75. The van der Waals surface area contributed by atoms with E-state index in [0.29, 0.717) is 0 Å². The maximum Gasteiger partial charge on any atom is 0.0554 e. The van der Waals surface area contributed by atoms with Crippen molar-refractivity contribution in [2.75, 3.05) is 0 Å². The minimum atomic E-state index is -0.563. The Kier molecular flexibility index (Phi) is 4.40. The minimum absolute atomic E-state index is 0.563. The van der Waals surface area contributed by atoms with Gasteiger partial charge in [0, 0.05) is 0 Å². The van der Waals surface area contributed by atoms with E-state index in [1.54, 1.807) is 0 Å². The van der Waals surface area contributed by atoms with Crippen molar-refractivity contribution in [1.82, 2.24) is 0 Å². The smallest absolute Gasteiger partial charge is 0.0554 e. The third-order valence-corrected chi connectivity index (χ3v) is 3.00. The predicted molar refractivity (Wildman–Crippen MR) is 68.3 cm³/mol. The quantitative estimate of drug-likeness (QED) is 0.518. The monoisotopic (exact) mass is 202 g/mol. The van der Waals surface area contributed by atoms with Gasteiger partial charge in [0.2, 0.25) is 0 Å². The van der Waals surface area contributed by atoms with Crippen LogP contribution in [-0.4, -0.2) is 8.80 Å². The zero-order valence-electron chi connectivity index (χ0n) is 9.03. The Labute approximate surface area is 88.6 Å². The van der Waals surface area contributed by atoms with Gasteiger partial charge in [-0.2, -0.15) is 0 Å². The molecule has 0 amide bonds. The topological polar surface area (TPSA) is 0 Å². The summed E-state index contributed by atoms with van der Waals surface area (Å²) in [5.41, 5.74) is 4.99. The molecule has 0 aliphatic rings. The molecule has 1 aromatic rings. The van der Waals surface area contributed by atoms with Gasteiger partial charge >= 0.3 is 0 Å². The van der Waals surface area contributed by atoms with Gasteiger partial charge in [0.25, 0.3) is 0 Å². The molecule has 74 valence electrons. The van der Waals surface area contributed by atoms with E-state index >= 15 is 0 Å². The van der Waals surface area contributed by atoms with Crippen LogP contribution in [0.25, 0.3) is 6.08 Å². The van der Waals surface area contributed by atoms with Gasteiger partial charge in [0.15, 0.2) is 0 Å². The number of benzene rings is 1. The van der Waals surface area contributed by atoms with Gasteiger partial charge < -0.3 is 0 Å². The first-order valence-electron chi connectivity index (χ1n) is 5.10. The number of hydrogen-bond acceptors (Lipinski definition) is 0. The summed E-state index contributed by atoms with van der Waals surface area (Å²) >= 11 is 0. The Morgan fingerprint density at radius 2 is 1.86 bits per heavy atom. The molecule has 0 saturated carbocycles. The normalized spacial score (nSPS) is 11.1. The van der Waals surface area contributed by atoms with Crippen LogP contribution < -0.4 is 0 Å². The molecule has 1 rings (SSSR count). The van der Waals surface area contributed by atoms with Crippen LogP contribution in [-0.2, 0) is 6.42 Å². The molecule has 0 spiro atoms. The lowest BCUT2D eigenvalue weighted by atomic mass is 10.1. The Bertz CT molecular complexity index is 307. The molecule has 0 aromatic heterocycles. The van der Waals surface area contributed by atoms with Crippen LogP contribution in [0.3, 0.4) is 0 Å². The van der Waals surface area contributed by atoms with Crippen molar-refractivity contribution in [3.05, 3.63) is 53.7 Å². The van der Waals surface area contributed by atoms with Crippen LogP contribution >= 0.6 is 0 Å². The summed E-state index contributed by atoms with van der Waals surface area (Å²) in [6.45, 7) is 8.37. The average molecular weight is 202 g/mol. The molecule has 0 aliphatic carbocycles. The Hall–Kier alpha value is -1.08. The van der Waals surface area contributed by atoms with Crippen LogP contribution in [0.1, 0.15) is 11.1 Å². The van der Waals surface area contributed by atoms with Crippen LogP contribution in [0, 0.1) is 0 Å². The van der Waals surface area contributed by atoms with Gasteiger partial charge in [-0.05, 0) is 17.5 Å². The fraction of sp³-hybridized carbons (Fsp3) is 0.231. The molecular formula is C13H18Si. The molecule has 0 unspecified atom stereocenters. The summed E-state index contributed by atoms with van der Waals surface area (Å²) in [6, 6.07) is 8.69. The molecule has 0 aliphatic heterocycles. The zero-order valence-corrected chi connectivity index (χ0v) is 10.2. The van der Waals surface area contributed by atoms with Crippen molar-refractivity contribution < 1.29 is 0 Å². The highest BCUT2D eigenvalue weighted by Gasteiger charge is 1.91. The van der Waals surface area contributed by atoms with Crippen molar-refractivity contribution in [1.29, 1.82) is 0 Å². The van der Waals surface area contributed by atoms with Gasteiger partial charge in [-0.1, -0.05) is 55.2 Å². The fourth-order valence-electron chi connectivity index (χ4n) is 1.24. The predicted octanol–water partition coefficient (Wildman–Crippen LogP) is 3.45. The lowest BCUT2D eigenvalue weighted by Crippen LogP contribution is -1.91. The maximum atomic E-state index is 3.73. The van der Waals surface area contributed by atoms with Gasteiger partial charge in [0.1, 0.15) is 0 Å². The highest BCUT2D eigenvalue weighted by molar-refractivity contribution is 6.62. The summed E-state index contributed by atoms with van der Waals surface area (Å²) in [5.74, 6) is 0. The lowest BCUT2D eigenvalue weighted by Gasteiger charge is -1.98. The molecule has 0 nitrogen and oxygen atoms in total.